The highest BCUT2D eigenvalue weighted by molar-refractivity contribution is 8.00. The molecule has 2 heteroatoms. The molecular formula is C10H16S2. The van der Waals surface area contributed by atoms with Crippen molar-refractivity contribution in [2.75, 3.05) is 11.5 Å². The Morgan fingerprint density at radius 1 is 0.750 bits per heavy atom. The third-order valence-corrected chi connectivity index (χ3v) is 6.72. The summed E-state index contributed by atoms with van der Waals surface area (Å²) in [4.78, 5) is 0. The van der Waals surface area contributed by atoms with Crippen LogP contribution in [-0.2, 0) is 0 Å². The van der Waals surface area contributed by atoms with Crippen LogP contribution in [0.15, 0.2) is 0 Å². The van der Waals surface area contributed by atoms with Crippen molar-refractivity contribution < 1.29 is 0 Å². The summed E-state index contributed by atoms with van der Waals surface area (Å²) in [6.07, 6.45) is 6.18. The molecule has 0 N–H and O–H groups in total. The summed E-state index contributed by atoms with van der Waals surface area (Å²) in [7, 11) is 0. The van der Waals surface area contributed by atoms with Gasteiger partial charge in [-0.2, -0.15) is 23.5 Å². The Bertz CT molecular complexity index is 145. The van der Waals surface area contributed by atoms with Gasteiger partial charge < -0.3 is 0 Å². The number of hydrogen-bond donors (Lipinski definition) is 0. The summed E-state index contributed by atoms with van der Waals surface area (Å²) in [5, 5.41) is 2.15. The summed E-state index contributed by atoms with van der Waals surface area (Å²) in [5.74, 6) is 5.14. The third-order valence-electron chi connectivity index (χ3n) is 3.76. The normalized spacial score (nSPS) is 52.0. The van der Waals surface area contributed by atoms with Crippen LogP contribution < -0.4 is 0 Å². The van der Waals surface area contributed by atoms with E-state index in [-0.39, 0.29) is 0 Å². The lowest BCUT2D eigenvalue weighted by molar-refractivity contribution is 0.306. The molecule has 1 saturated carbocycles. The molecule has 0 aromatic heterocycles. The molecule has 0 radical (unpaired) electrons. The van der Waals surface area contributed by atoms with Gasteiger partial charge in [0.25, 0.3) is 0 Å². The lowest BCUT2D eigenvalue weighted by Crippen LogP contribution is -2.30. The minimum Gasteiger partial charge on any atom is -0.158 e. The molecule has 0 nitrogen and oxygen atoms in total. The zero-order valence-corrected chi connectivity index (χ0v) is 9.00. The maximum absolute atomic E-state index is 2.27. The minimum atomic E-state index is 1.07. The van der Waals surface area contributed by atoms with E-state index in [1.807, 2.05) is 0 Å². The molecule has 12 heavy (non-hydrogen) atoms. The van der Waals surface area contributed by atoms with Crippen LogP contribution in [0.4, 0.5) is 0 Å². The first-order valence-electron chi connectivity index (χ1n) is 5.16. The molecule has 3 fully saturated rings. The van der Waals surface area contributed by atoms with Crippen molar-refractivity contribution in [3.63, 3.8) is 0 Å². The van der Waals surface area contributed by atoms with Crippen molar-refractivity contribution in [1.82, 2.24) is 0 Å². The first-order chi connectivity index (χ1) is 5.93. The van der Waals surface area contributed by atoms with Gasteiger partial charge in [0, 0.05) is 10.5 Å². The average Bonchev–Trinajstić information content (AvgIpc) is 2.64. The summed E-state index contributed by atoms with van der Waals surface area (Å²) in [6, 6.07) is 0. The van der Waals surface area contributed by atoms with E-state index in [2.05, 4.69) is 23.5 Å². The number of hydrogen-bond acceptors (Lipinski definition) is 2. The van der Waals surface area contributed by atoms with E-state index in [4.69, 9.17) is 0 Å². The molecule has 3 rings (SSSR count). The lowest BCUT2D eigenvalue weighted by atomic mass is 9.79. The van der Waals surface area contributed by atoms with Gasteiger partial charge in [0.1, 0.15) is 0 Å². The van der Waals surface area contributed by atoms with Crippen LogP contribution in [0, 0.1) is 11.8 Å². The number of fused-ring (bicyclic) bond motifs is 2. The first-order valence-corrected chi connectivity index (χ1v) is 7.26. The number of rotatable bonds is 0. The van der Waals surface area contributed by atoms with Gasteiger partial charge in [-0.1, -0.05) is 0 Å². The van der Waals surface area contributed by atoms with Gasteiger partial charge in [-0.05, 0) is 49.0 Å². The predicted molar refractivity (Wildman–Crippen MR) is 57.9 cm³/mol. The summed E-state index contributed by atoms with van der Waals surface area (Å²) < 4.78 is 0. The molecule has 0 amide bonds. The molecule has 2 heterocycles. The Hall–Kier alpha value is 0.700. The van der Waals surface area contributed by atoms with Crippen molar-refractivity contribution in [2.45, 2.75) is 36.2 Å². The highest BCUT2D eigenvalue weighted by atomic mass is 32.2. The van der Waals surface area contributed by atoms with Crippen LogP contribution in [0.2, 0.25) is 0 Å². The van der Waals surface area contributed by atoms with Gasteiger partial charge in [0.15, 0.2) is 0 Å². The molecule has 3 aliphatic rings. The molecule has 2 aliphatic heterocycles. The Morgan fingerprint density at radius 2 is 1.25 bits per heavy atom. The van der Waals surface area contributed by atoms with Gasteiger partial charge >= 0.3 is 0 Å². The van der Waals surface area contributed by atoms with Gasteiger partial charge in [0.2, 0.25) is 0 Å². The molecule has 0 aromatic rings. The second-order valence-electron chi connectivity index (χ2n) is 4.39. The van der Waals surface area contributed by atoms with Crippen molar-refractivity contribution in [2.24, 2.45) is 11.8 Å². The van der Waals surface area contributed by atoms with Crippen LogP contribution >= 0.6 is 23.5 Å². The highest BCUT2D eigenvalue weighted by Crippen LogP contribution is 2.51. The van der Waals surface area contributed by atoms with Crippen molar-refractivity contribution in [1.29, 1.82) is 0 Å². The maximum atomic E-state index is 2.27. The van der Waals surface area contributed by atoms with Crippen LogP contribution in [-0.4, -0.2) is 22.0 Å². The van der Waals surface area contributed by atoms with E-state index in [9.17, 15) is 0 Å². The van der Waals surface area contributed by atoms with Crippen molar-refractivity contribution >= 4 is 23.5 Å². The van der Waals surface area contributed by atoms with Gasteiger partial charge in [-0.15, -0.1) is 0 Å². The van der Waals surface area contributed by atoms with E-state index in [1.54, 1.807) is 12.8 Å². The predicted octanol–water partition coefficient (Wildman–Crippen LogP) is 3.02. The zero-order chi connectivity index (χ0) is 7.97. The fourth-order valence-electron chi connectivity index (χ4n) is 3.04. The monoisotopic (exact) mass is 200 g/mol. The Morgan fingerprint density at radius 3 is 1.75 bits per heavy atom. The Labute approximate surface area is 83.3 Å². The minimum absolute atomic E-state index is 1.07. The smallest absolute Gasteiger partial charge is 0.00790 e. The second kappa shape index (κ2) is 3.13. The molecule has 0 spiro atoms. The maximum Gasteiger partial charge on any atom is 0.00790 e. The fraction of sp³-hybridized carbons (Fsp3) is 1.00. The van der Waals surface area contributed by atoms with Gasteiger partial charge in [0.05, 0.1) is 0 Å². The van der Waals surface area contributed by atoms with E-state index in [0.29, 0.717) is 0 Å². The molecule has 0 aromatic carbocycles. The molecule has 0 bridgehead atoms. The second-order valence-corrected chi connectivity index (χ2v) is 7.08. The van der Waals surface area contributed by atoms with Gasteiger partial charge in [-0.3, -0.25) is 0 Å². The zero-order valence-electron chi connectivity index (χ0n) is 7.37. The van der Waals surface area contributed by atoms with E-state index >= 15 is 0 Å². The first kappa shape index (κ1) is 8.05. The van der Waals surface area contributed by atoms with Gasteiger partial charge in [-0.25, -0.2) is 0 Å². The molecule has 2 saturated heterocycles. The number of thioether (sulfide) groups is 2. The summed E-state index contributed by atoms with van der Waals surface area (Å²) in [6.45, 7) is 0. The van der Waals surface area contributed by atoms with E-state index in [0.717, 1.165) is 22.3 Å². The SMILES string of the molecule is C1CC2CC3SCCC3CC2S1. The lowest BCUT2D eigenvalue weighted by Gasteiger charge is -2.33. The highest BCUT2D eigenvalue weighted by Gasteiger charge is 2.41. The van der Waals surface area contributed by atoms with Crippen LogP contribution in [0.25, 0.3) is 0 Å². The van der Waals surface area contributed by atoms with Crippen LogP contribution in [0.5, 0.6) is 0 Å². The van der Waals surface area contributed by atoms with Crippen molar-refractivity contribution in [3.05, 3.63) is 0 Å². The standard InChI is InChI=1S/C10H16S2/c1-3-11-9-6-8-2-4-12-10(8)5-7(1)9/h7-10H,1-6H2. The molecule has 1 aliphatic carbocycles. The molecule has 4 unspecified atom stereocenters. The van der Waals surface area contributed by atoms with Crippen molar-refractivity contribution in [3.8, 4) is 0 Å². The average molecular weight is 200 g/mol. The van der Waals surface area contributed by atoms with Crippen LogP contribution in [0.3, 0.4) is 0 Å². The largest absolute Gasteiger partial charge is 0.158 e. The molecule has 68 valence electrons. The fourth-order valence-corrected chi connectivity index (χ4v) is 6.33. The molecule has 4 atom stereocenters. The Balaban J connectivity index is 1.75. The topological polar surface area (TPSA) is 0 Å². The van der Waals surface area contributed by atoms with E-state index in [1.165, 1.54) is 24.3 Å². The summed E-state index contributed by atoms with van der Waals surface area (Å²) >= 11 is 4.53. The summed E-state index contributed by atoms with van der Waals surface area (Å²) in [5.41, 5.74) is 0. The molecular weight excluding hydrogens is 184 g/mol. The quantitative estimate of drug-likeness (QED) is 0.589. The van der Waals surface area contributed by atoms with E-state index < -0.39 is 0 Å². The third kappa shape index (κ3) is 1.22. The Kier molecular flexibility index (Phi) is 2.10. The van der Waals surface area contributed by atoms with Crippen LogP contribution in [0.1, 0.15) is 25.7 Å².